The lowest BCUT2D eigenvalue weighted by molar-refractivity contribution is 0.523. The number of furan rings is 1. The molecule has 8 nitrogen and oxygen atoms in total. The van der Waals surface area contributed by atoms with Crippen LogP contribution in [0.4, 0.5) is 34.1 Å². The van der Waals surface area contributed by atoms with Crippen LogP contribution in [0, 0.1) is 0 Å². The Kier molecular flexibility index (Phi) is 16.7. The molecular weight excluding hydrogens is 1740 g/mol. The van der Waals surface area contributed by atoms with Crippen molar-refractivity contribution in [1.82, 2.24) is 22.0 Å². The van der Waals surface area contributed by atoms with Gasteiger partial charge in [0.15, 0.2) is 5.58 Å². The van der Waals surface area contributed by atoms with Crippen LogP contribution in [0.25, 0.3) is 224 Å². The Morgan fingerprint density at radius 1 is 0.224 bits per heavy atom. The lowest BCUT2D eigenvalue weighted by Gasteiger charge is -2.26. The summed E-state index contributed by atoms with van der Waals surface area (Å²) in [6.45, 7) is 44.9. The van der Waals surface area contributed by atoms with Gasteiger partial charge in [0.25, 0.3) is 0 Å². The van der Waals surface area contributed by atoms with Crippen molar-refractivity contribution in [1.29, 1.82) is 0 Å². The quantitative estimate of drug-likeness (QED) is 0.130. The summed E-state index contributed by atoms with van der Waals surface area (Å²) < 4.78 is 20.7. The van der Waals surface area contributed by atoms with Gasteiger partial charge in [0.1, 0.15) is 5.58 Å². The fourth-order valence-electron chi connectivity index (χ4n) is 25.7. The number of fused-ring (bicyclic) bond motifs is 33. The molecule has 0 atom stereocenters. The van der Waals surface area contributed by atoms with Crippen molar-refractivity contribution < 1.29 is 4.42 Å². The van der Waals surface area contributed by atoms with E-state index in [9.17, 15) is 0 Å². The molecule has 11 aromatic heterocycles. The first-order valence-corrected chi connectivity index (χ1v) is 51.5. The van der Waals surface area contributed by atoms with Crippen molar-refractivity contribution in [2.75, 3.05) is 9.80 Å². The lowest BCUT2D eigenvalue weighted by Crippen LogP contribution is -2.20. The van der Waals surface area contributed by atoms with Gasteiger partial charge in [-0.15, -0.1) is 0 Å². The van der Waals surface area contributed by atoms with Crippen LogP contribution in [-0.4, -0.2) is 22.0 Å². The Bertz CT molecular complexity index is 10400. The second-order valence-corrected chi connectivity index (χ2v) is 48.1. The van der Waals surface area contributed by atoms with Gasteiger partial charge < -0.3 is 36.2 Å². The maximum Gasteiger partial charge on any atom is 0.159 e. The van der Waals surface area contributed by atoms with Gasteiger partial charge in [-0.2, -0.15) is 0 Å². The molecule has 0 unspecified atom stereocenters. The van der Waals surface area contributed by atoms with Gasteiger partial charge in [0.05, 0.1) is 88.4 Å². The molecule has 0 aliphatic carbocycles. The summed E-state index contributed by atoms with van der Waals surface area (Å²) in [5, 5.41) is 27.7. The van der Waals surface area contributed by atoms with Gasteiger partial charge in [-0.05, 0) is 283 Å². The highest BCUT2D eigenvalue weighted by Crippen LogP contribution is 2.56. The number of hydrogen-bond donors (Lipinski definition) is 0. The first kappa shape index (κ1) is 84.3. The largest absolute Gasteiger partial charge is 0.453 e. The van der Waals surface area contributed by atoms with Crippen molar-refractivity contribution >= 4 is 247 Å². The van der Waals surface area contributed by atoms with Crippen molar-refractivity contribution in [3.8, 4) is 11.1 Å². The first-order chi connectivity index (χ1) is 68.6. The Morgan fingerprint density at radius 2 is 0.559 bits per heavy atom. The Balaban J connectivity index is 0.581. The second kappa shape index (κ2) is 28.4. The van der Waals surface area contributed by atoms with Gasteiger partial charge in [-0.1, -0.05) is 265 Å². The average Bonchev–Trinajstić information content (AvgIpc) is 1.52. The summed E-state index contributed by atoms with van der Waals surface area (Å²) >= 11 is 0. The highest BCUT2D eigenvalue weighted by Gasteiger charge is 2.36. The Morgan fingerprint density at radius 3 is 1.01 bits per heavy atom. The molecule has 0 saturated heterocycles. The third-order valence-corrected chi connectivity index (χ3v) is 33.3. The summed E-state index contributed by atoms with van der Waals surface area (Å²) in [6, 6.07) is 125. The van der Waals surface area contributed by atoms with Crippen LogP contribution in [0.15, 0.2) is 326 Å². The maximum absolute atomic E-state index is 7.74. The van der Waals surface area contributed by atoms with Crippen LogP contribution in [0.1, 0.15) is 182 Å². The van der Waals surface area contributed by atoms with Crippen LogP contribution >= 0.6 is 0 Å². The summed E-state index contributed by atoms with van der Waals surface area (Å²) in [7, 11) is 0. The van der Waals surface area contributed by atoms with E-state index in [0.717, 1.165) is 73.6 Å². The Hall–Kier alpha value is -15.6. The predicted octanol–water partition coefficient (Wildman–Crippen LogP) is 38.1. The minimum atomic E-state index is -0.337. The molecular formula is C135H113N7O. The zero-order valence-corrected chi connectivity index (χ0v) is 84.9. The number of benzene rings is 18. The first-order valence-electron chi connectivity index (χ1n) is 51.5. The van der Waals surface area contributed by atoms with Crippen LogP contribution in [-0.2, 0) is 38.9 Å². The van der Waals surface area contributed by atoms with Gasteiger partial charge in [-0.3, -0.25) is 0 Å². The van der Waals surface area contributed by atoms with E-state index < -0.39 is 0 Å². The molecule has 0 fully saturated rings. The smallest absolute Gasteiger partial charge is 0.159 e. The number of anilines is 6. The molecule has 18 aromatic carbocycles. The van der Waals surface area contributed by atoms with Gasteiger partial charge >= 0.3 is 0 Å². The van der Waals surface area contributed by atoms with Gasteiger partial charge in [-0.25, -0.2) is 0 Å². The predicted molar refractivity (Wildman–Crippen MR) is 613 cm³/mol. The monoisotopic (exact) mass is 1850 g/mol. The van der Waals surface area contributed by atoms with Gasteiger partial charge in [0.2, 0.25) is 0 Å². The van der Waals surface area contributed by atoms with Crippen molar-refractivity contribution in [2.45, 2.75) is 176 Å². The number of aromatic nitrogens is 5. The molecule has 0 saturated carbocycles. The average molecular weight is 1850 g/mol. The zero-order chi connectivity index (χ0) is 97.3. The molecule has 0 aliphatic heterocycles. The van der Waals surface area contributed by atoms with E-state index >= 15 is 0 Å². The molecule has 29 aromatic rings. The standard InChI is InChI=1S/C135H113N7O/c1-74(2)76-41-45-85(46-42-76)137(87-48-50-92-102-58-81(132(9,10)11)62-106-100-69-119-97(72-122(100)142(124(102)106)118(92)68-87)107-63-82(133(12,13)14)59-103-95-55-78(130(3,4)5)43-51-114(95)139(119)125(103)107)116-40-30-37-93-111-54-75(53-94(128(111)143-129(93)116)77-31-22-20-23-32-77)73-135(18,19)79-44-52-115-96(56-79)104-60-83(134(15,16)17)64-108-98-71-121-99(70-120(98)140(115)126(104)108)105-61-80(131(6,7)8)57-101-91-49-47-86(67-117(91)141(121)123(101)105)136(84-33-24-21-25-34-84)88-65-109-89-35-26-28-38-112(89)138-113-39-29-27-36-90(113)110(66-88)127(109)138/h20-72,74H,73H2,1-19H3. The summed E-state index contributed by atoms with van der Waals surface area (Å²) in [4.78, 5) is 4.97. The summed E-state index contributed by atoms with van der Waals surface area (Å²) in [5.41, 5.74) is 38.7. The SMILES string of the molecule is CC(C)c1ccc(N(c2ccc3c4cc(C(C)(C)C)cc5c6cc7c(cc6n(c3c2)c45)c2cc(C(C)(C)C)cc3c4cc(C(C)(C)C)ccc4n7c32)c2cccc3c2oc2c(-c4ccccc4)cc(CC(C)(C)c4ccc5c(c4)c4cc(C(C)(C)C)cc6c7cc8c(cc7n5c46)c4cc(C(C)(C)C)cc5c6ccc(N(c7ccccc7)c7cc9c%10ccccc%10n%10c%11ccccc%11c(c7)c9%10)cc6n8c54)cc23)cc1. The highest BCUT2D eigenvalue weighted by atomic mass is 16.3. The minimum Gasteiger partial charge on any atom is -0.453 e. The van der Waals surface area contributed by atoms with Crippen LogP contribution in [0.2, 0.25) is 0 Å². The fraction of sp³-hybridized carbons (Fsp3) is 0.200. The second-order valence-electron chi connectivity index (χ2n) is 48.1. The normalized spacial score (nSPS) is 13.5. The van der Waals surface area contributed by atoms with E-state index in [-0.39, 0.29) is 32.5 Å². The molecule has 0 spiro atoms. The van der Waals surface area contributed by atoms with E-state index in [1.54, 1.807) is 0 Å². The topological polar surface area (TPSA) is 41.7 Å². The number of para-hydroxylation sites is 4. The highest BCUT2D eigenvalue weighted by molar-refractivity contribution is 6.33. The maximum atomic E-state index is 7.74. The van der Waals surface area contributed by atoms with E-state index in [2.05, 4.69) is 485 Å². The van der Waals surface area contributed by atoms with E-state index in [1.807, 2.05) is 0 Å². The molecule has 29 rings (SSSR count). The van der Waals surface area contributed by atoms with Gasteiger partial charge in [0, 0.05) is 152 Å². The summed E-state index contributed by atoms with van der Waals surface area (Å²) in [6.07, 6.45) is 0.775. The summed E-state index contributed by atoms with van der Waals surface area (Å²) in [5.74, 6) is 0.352. The van der Waals surface area contributed by atoms with Crippen molar-refractivity contribution in [2.24, 2.45) is 0 Å². The lowest BCUT2D eigenvalue weighted by atomic mass is 9.78. The molecule has 0 aliphatic rings. The fourth-order valence-corrected chi connectivity index (χ4v) is 25.7. The van der Waals surface area contributed by atoms with E-state index in [0.29, 0.717) is 5.92 Å². The molecule has 8 heteroatoms. The van der Waals surface area contributed by atoms with Crippen LogP contribution in [0.3, 0.4) is 0 Å². The van der Waals surface area contributed by atoms with E-state index in [4.69, 9.17) is 4.42 Å². The number of nitrogens with zero attached hydrogens (tertiary/aromatic N) is 7. The molecule has 11 heterocycles. The molecule has 143 heavy (non-hydrogen) atoms. The third-order valence-electron chi connectivity index (χ3n) is 33.3. The zero-order valence-electron chi connectivity index (χ0n) is 84.9. The number of rotatable bonds is 11. The van der Waals surface area contributed by atoms with Crippen molar-refractivity contribution in [3.05, 3.63) is 366 Å². The molecule has 694 valence electrons. The molecule has 0 amide bonds. The molecule has 0 N–H and O–H groups in total. The molecule has 0 radical (unpaired) electrons. The van der Waals surface area contributed by atoms with E-state index in [1.165, 1.54) is 235 Å². The molecule has 0 bridgehead atoms. The van der Waals surface area contributed by atoms with Crippen molar-refractivity contribution in [3.63, 3.8) is 0 Å². The minimum absolute atomic E-state index is 0.00367. The number of hydrogen-bond acceptors (Lipinski definition) is 3. The third kappa shape index (κ3) is 11.8. The van der Waals surface area contributed by atoms with Crippen LogP contribution < -0.4 is 9.80 Å². The Labute approximate surface area is 830 Å². The van der Waals surface area contributed by atoms with Crippen LogP contribution in [0.5, 0.6) is 0 Å².